The van der Waals surface area contributed by atoms with E-state index in [1.165, 1.54) is 5.69 Å². The Hall–Kier alpha value is -1.43. The minimum Gasteiger partial charge on any atom is -0.339 e. The number of aryl methyl sites for hydroxylation is 2. The summed E-state index contributed by atoms with van der Waals surface area (Å²) < 4.78 is 7.93. The van der Waals surface area contributed by atoms with Gasteiger partial charge in [0.1, 0.15) is 0 Å². The zero-order valence-corrected chi connectivity index (χ0v) is 12.0. The van der Waals surface area contributed by atoms with Gasteiger partial charge in [0.25, 0.3) is 0 Å². The number of aromatic amines is 1. The Morgan fingerprint density at radius 3 is 2.72 bits per heavy atom. The third-order valence-corrected chi connectivity index (χ3v) is 3.09. The SMILES string of the molecule is Cc1noc(CCn2c(C(C)(C)C)c[nH]c2=S)n1. The number of hydrogen-bond donors (Lipinski definition) is 1. The van der Waals surface area contributed by atoms with Gasteiger partial charge in [0, 0.05) is 30.3 Å². The molecule has 0 amide bonds. The zero-order valence-electron chi connectivity index (χ0n) is 11.1. The first-order valence-corrected chi connectivity index (χ1v) is 6.36. The summed E-state index contributed by atoms with van der Waals surface area (Å²) in [5.74, 6) is 1.31. The molecule has 0 saturated heterocycles. The summed E-state index contributed by atoms with van der Waals surface area (Å²) in [6.45, 7) is 9.06. The fourth-order valence-corrected chi connectivity index (χ4v) is 2.14. The van der Waals surface area contributed by atoms with Gasteiger partial charge in [-0.1, -0.05) is 25.9 Å². The quantitative estimate of drug-likeness (QED) is 0.868. The van der Waals surface area contributed by atoms with Crippen LogP contribution in [0, 0.1) is 11.7 Å². The lowest BCUT2D eigenvalue weighted by atomic mass is 9.92. The largest absolute Gasteiger partial charge is 0.339 e. The van der Waals surface area contributed by atoms with Gasteiger partial charge in [-0.3, -0.25) is 0 Å². The van der Waals surface area contributed by atoms with Crippen LogP contribution in [0.5, 0.6) is 0 Å². The van der Waals surface area contributed by atoms with Crippen LogP contribution >= 0.6 is 12.2 Å². The van der Waals surface area contributed by atoms with E-state index < -0.39 is 0 Å². The van der Waals surface area contributed by atoms with E-state index in [0.717, 1.165) is 11.3 Å². The molecule has 0 aliphatic carbocycles. The van der Waals surface area contributed by atoms with Gasteiger partial charge in [-0.25, -0.2) is 0 Å². The van der Waals surface area contributed by atoms with E-state index in [2.05, 4.69) is 40.5 Å². The molecule has 18 heavy (non-hydrogen) atoms. The fraction of sp³-hybridized carbons (Fsp3) is 0.583. The van der Waals surface area contributed by atoms with Crippen molar-refractivity contribution in [2.24, 2.45) is 0 Å². The lowest BCUT2D eigenvalue weighted by Crippen LogP contribution is -2.18. The van der Waals surface area contributed by atoms with Crippen LogP contribution in [0.3, 0.4) is 0 Å². The maximum atomic E-state index is 5.30. The molecule has 98 valence electrons. The normalized spacial score (nSPS) is 12.0. The van der Waals surface area contributed by atoms with Crippen molar-refractivity contribution in [2.45, 2.75) is 46.1 Å². The van der Waals surface area contributed by atoms with Crippen LogP contribution < -0.4 is 0 Å². The second-order valence-corrected chi connectivity index (χ2v) is 5.75. The first kappa shape index (κ1) is 13.0. The number of hydrogen-bond acceptors (Lipinski definition) is 4. The Balaban J connectivity index is 2.19. The Morgan fingerprint density at radius 2 is 2.17 bits per heavy atom. The van der Waals surface area contributed by atoms with Crippen molar-refractivity contribution >= 4 is 12.2 Å². The Morgan fingerprint density at radius 1 is 1.44 bits per heavy atom. The summed E-state index contributed by atoms with van der Waals surface area (Å²) >= 11 is 5.30. The average Bonchev–Trinajstić information content (AvgIpc) is 2.81. The summed E-state index contributed by atoms with van der Waals surface area (Å²) in [5.41, 5.74) is 1.24. The van der Waals surface area contributed by atoms with E-state index in [-0.39, 0.29) is 5.41 Å². The third-order valence-electron chi connectivity index (χ3n) is 2.76. The molecule has 1 N–H and O–H groups in total. The molecule has 0 aliphatic rings. The molecule has 6 heteroatoms. The van der Waals surface area contributed by atoms with Crippen molar-refractivity contribution in [3.8, 4) is 0 Å². The topological polar surface area (TPSA) is 59.6 Å². The predicted molar refractivity (Wildman–Crippen MR) is 71.1 cm³/mol. The van der Waals surface area contributed by atoms with Crippen LogP contribution in [0.4, 0.5) is 0 Å². The lowest BCUT2D eigenvalue weighted by molar-refractivity contribution is 0.365. The summed E-state index contributed by atoms with van der Waals surface area (Å²) in [6.07, 6.45) is 2.66. The molecule has 2 aromatic rings. The molecule has 0 bridgehead atoms. The number of rotatable bonds is 3. The number of nitrogens with one attached hydrogen (secondary N) is 1. The maximum absolute atomic E-state index is 5.30. The highest BCUT2D eigenvalue weighted by Gasteiger charge is 2.19. The monoisotopic (exact) mass is 266 g/mol. The summed E-state index contributed by atoms with van der Waals surface area (Å²) in [6, 6.07) is 0. The third kappa shape index (κ3) is 2.69. The molecule has 0 aliphatic heterocycles. The zero-order chi connectivity index (χ0) is 13.3. The number of H-pyrrole nitrogens is 1. The van der Waals surface area contributed by atoms with Crippen molar-refractivity contribution in [3.63, 3.8) is 0 Å². The van der Waals surface area contributed by atoms with E-state index in [9.17, 15) is 0 Å². The van der Waals surface area contributed by atoms with E-state index in [0.29, 0.717) is 18.1 Å². The lowest BCUT2D eigenvalue weighted by Gasteiger charge is -2.20. The van der Waals surface area contributed by atoms with Gasteiger partial charge in [-0.15, -0.1) is 0 Å². The van der Waals surface area contributed by atoms with E-state index in [1.807, 2.05) is 13.1 Å². The Bertz CT molecular complexity index is 588. The molecule has 2 aromatic heterocycles. The van der Waals surface area contributed by atoms with Crippen LogP contribution in [0.15, 0.2) is 10.7 Å². The molecule has 0 fully saturated rings. The van der Waals surface area contributed by atoms with E-state index >= 15 is 0 Å². The van der Waals surface area contributed by atoms with Crippen molar-refractivity contribution in [1.82, 2.24) is 19.7 Å². The summed E-state index contributed by atoms with van der Waals surface area (Å²) in [7, 11) is 0. The highest BCUT2D eigenvalue weighted by atomic mass is 32.1. The first-order valence-electron chi connectivity index (χ1n) is 5.96. The molecule has 5 nitrogen and oxygen atoms in total. The van der Waals surface area contributed by atoms with Crippen LogP contribution in [-0.4, -0.2) is 19.7 Å². The average molecular weight is 266 g/mol. The molecular weight excluding hydrogens is 248 g/mol. The number of aromatic nitrogens is 4. The molecular formula is C12H18N4OS. The summed E-state index contributed by atoms with van der Waals surface area (Å²) in [5, 5.41) is 3.78. The fourth-order valence-electron chi connectivity index (χ4n) is 1.89. The number of imidazole rings is 1. The molecule has 0 unspecified atom stereocenters. The van der Waals surface area contributed by atoms with Gasteiger partial charge >= 0.3 is 0 Å². The molecule has 0 atom stereocenters. The van der Waals surface area contributed by atoms with E-state index in [1.54, 1.807) is 0 Å². The molecule has 0 aromatic carbocycles. The van der Waals surface area contributed by atoms with Crippen molar-refractivity contribution in [3.05, 3.63) is 28.4 Å². The predicted octanol–water partition coefficient (Wildman–Crippen LogP) is 2.78. The minimum absolute atomic E-state index is 0.0539. The van der Waals surface area contributed by atoms with Crippen LogP contribution in [0.1, 0.15) is 38.2 Å². The van der Waals surface area contributed by atoms with Gasteiger partial charge < -0.3 is 14.1 Å². The number of nitrogens with zero attached hydrogens (tertiary/aromatic N) is 3. The second-order valence-electron chi connectivity index (χ2n) is 5.37. The minimum atomic E-state index is 0.0539. The first-order chi connectivity index (χ1) is 8.38. The standard InChI is InChI=1S/C12H18N4OS/c1-8-14-10(17-15-8)5-6-16-9(12(2,3)4)7-13-11(16)18/h7H,5-6H2,1-4H3,(H,13,18). The molecule has 0 radical (unpaired) electrons. The van der Waals surface area contributed by atoms with Gasteiger partial charge in [0.15, 0.2) is 10.6 Å². The smallest absolute Gasteiger partial charge is 0.228 e. The van der Waals surface area contributed by atoms with Crippen molar-refractivity contribution in [2.75, 3.05) is 0 Å². The maximum Gasteiger partial charge on any atom is 0.228 e. The molecule has 2 rings (SSSR count). The second kappa shape index (κ2) is 4.68. The van der Waals surface area contributed by atoms with Gasteiger partial charge in [-0.05, 0) is 19.1 Å². The highest BCUT2D eigenvalue weighted by molar-refractivity contribution is 7.71. The van der Waals surface area contributed by atoms with Gasteiger partial charge in [-0.2, -0.15) is 4.98 Å². The van der Waals surface area contributed by atoms with Crippen LogP contribution in [0.2, 0.25) is 0 Å². The Kier molecular flexibility index (Phi) is 3.38. The van der Waals surface area contributed by atoms with Gasteiger partial charge in [0.05, 0.1) is 0 Å². The van der Waals surface area contributed by atoms with Crippen LogP contribution in [0.25, 0.3) is 0 Å². The van der Waals surface area contributed by atoms with Crippen molar-refractivity contribution in [1.29, 1.82) is 0 Å². The Labute approximate surface area is 111 Å². The molecule has 0 spiro atoms. The molecule has 0 saturated carbocycles. The van der Waals surface area contributed by atoms with Crippen molar-refractivity contribution < 1.29 is 4.52 Å². The van der Waals surface area contributed by atoms with Gasteiger partial charge in [0.2, 0.25) is 5.89 Å². The molecule has 2 heterocycles. The van der Waals surface area contributed by atoms with Crippen LogP contribution in [-0.2, 0) is 18.4 Å². The highest BCUT2D eigenvalue weighted by Crippen LogP contribution is 2.22. The summed E-state index contributed by atoms with van der Waals surface area (Å²) in [4.78, 5) is 7.29. The van der Waals surface area contributed by atoms with E-state index in [4.69, 9.17) is 16.7 Å².